The maximum atomic E-state index is 13.6. The zero-order chi connectivity index (χ0) is 33.6. The van der Waals surface area contributed by atoms with E-state index in [4.69, 9.17) is 5.11 Å². The predicted molar refractivity (Wildman–Crippen MR) is 170 cm³/mol. The predicted octanol–water partition coefficient (Wildman–Crippen LogP) is 7.19. The second kappa shape index (κ2) is 14.1. The number of allylic oxidation sites excluding steroid dienone is 2. The van der Waals surface area contributed by atoms with E-state index in [1.807, 2.05) is 29.6 Å². The third-order valence-electron chi connectivity index (χ3n) is 8.10. The van der Waals surface area contributed by atoms with E-state index < -0.39 is 30.4 Å². The van der Waals surface area contributed by atoms with Gasteiger partial charge in [0.15, 0.2) is 0 Å². The monoisotopic (exact) mass is 636 g/mol. The summed E-state index contributed by atoms with van der Waals surface area (Å²) in [6.45, 7) is 5.49. The molecule has 0 saturated carbocycles. The lowest BCUT2D eigenvalue weighted by Crippen LogP contribution is -2.42. The van der Waals surface area contributed by atoms with E-state index >= 15 is 0 Å². The fourth-order valence-corrected chi connectivity index (χ4v) is 5.23. The molecule has 1 aliphatic carbocycles. The Morgan fingerprint density at radius 3 is 2.17 bits per heavy atom. The number of amides is 3. The van der Waals surface area contributed by atoms with Crippen molar-refractivity contribution in [3.8, 4) is 0 Å². The van der Waals surface area contributed by atoms with Gasteiger partial charge in [-0.15, -0.1) is 5.23 Å². The molecule has 0 fully saturated rings. The molecule has 46 heavy (non-hydrogen) atoms. The molecule has 0 aromatic heterocycles. The highest BCUT2D eigenvalue weighted by atomic mass is 19.3. The number of carbonyl (C=O) groups excluding carboxylic acids is 2. The van der Waals surface area contributed by atoms with Crippen LogP contribution in [0, 0.1) is 11.3 Å². The highest BCUT2D eigenvalue weighted by molar-refractivity contribution is 6.02. The molecule has 0 aliphatic heterocycles. The fraction of sp³-hybridized carbons (Fsp3) is 0.324. The summed E-state index contributed by atoms with van der Waals surface area (Å²) in [6.07, 6.45) is 5.35. The first-order valence-corrected chi connectivity index (χ1v) is 14.8. The molecule has 5 N–H and O–H groups in total. The van der Waals surface area contributed by atoms with Gasteiger partial charge in [0.2, 0.25) is 0 Å². The number of carboxylic acid groups (broad SMARTS) is 1. The smallest absolute Gasteiger partial charge is 0.376 e. The zero-order valence-corrected chi connectivity index (χ0v) is 25.8. The van der Waals surface area contributed by atoms with Crippen molar-refractivity contribution in [2.45, 2.75) is 52.5 Å². The maximum absolute atomic E-state index is 13.6. The Hall–Kier alpha value is -4.81. The van der Waals surface area contributed by atoms with Crippen molar-refractivity contribution in [1.82, 2.24) is 5.32 Å². The summed E-state index contributed by atoms with van der Waals surface area (Å²) in [4.78, 5) is 38.0. The molecule has 244 valence electrons. The Morgan fingerprint density at radius 2 is 1.61 bits per heavy atom. The number of nitrogens with zero attached hydrogens (tertiary/aromatic N) is 2. The molecule has 3 aromatic carbocycles. The fourth-order valence-electron chi connectivity index (χ4n) is 5.23. The van der Waals surface area contributed by atoms with Crippen molar-refractivity contribution in [2.24, 2.45) is 11.3 Å². The number of carbonyl (C=O) groups is 3. The van der Waals surface area contributed by atoms with Crippen molar-refractivity contribution in [3.63, 3.8) is 0 Å². The van der Waals surface area contributed by atoms with E-state index in [1.54, 1.807) is 24.3 Å². The van der Waals surface area contributed by atoms with Crippen LogP contribution in [0.25, 0.3) is 5.57 Å². The molecule has 1 aliphatic rings. The molecule has 0 heterocycles. The van der Waals surface area contributed by atoms with E-state index in [0.717, 1.165) is 24.8 Å². The van der Waals surface area contributed by atoms with Gasteiger partial charge in [0.25, 0.3) is 5.91 Å². The molecule has 12 heteroatoms. The van der Waals surface area contributed by atoms with Gasteiger partial charge in [0, 0.05) is 16.9 Å². The molecule has 1 atom stereocenters. The van der Waals surface area contributed by atoms with Gasteiger partial charge < -0.3 is 15.7 Å². The van der Waals surface area contributed by atoms with Gasteiger partial charge in [0.1, 0.15) is 0 Å². The number of carboxylic acids is 1. The van der Waals surface area contributed by atoms with Crippen molar-refractivity contribution >= 4 is 40.5 Å². The minimum absolute atomic E-state index is 0.0362. The van der Waals surface area contributed by atoms with Crippen molar-refractivity contribution in [2.75, 3.05) is 22.0 Å². The molecule has 0 saturated heterocycles. The standard InChI is InChI=1S/C34H38F2N4O6/c1-33(2,3)26-15-11-23(12-16-26)24-13-17-28(18-14-24)39(32(44)38-27-5-4-6-29(19-27)40(45)46)20-22-7-9-25(10-8-22)30(41)37-21-34(35,36)31(42)43/h4-11,13-14,17-19,26,45-46H,12,15-16,20-21H2,1-3H3,(H,37,41)(H,38,44)(H,42,43). The van der Waals surface area contributed by atoms with E-state index in [9.17, 15) is 33.6 Å². The first-order chi connectivity index (χ1) is 21.6. The molecule has 10 nitrogen and oxygen atoms in total. The summed E-state index contributed by atoms with van der Waals surface area (Å²) >= 11 is 0. The van der Waals surface area contributed by atoms with Gasteiger partial charge >= 0.3 is 17.9 Å². The van der Waals surface area contributed by atoms with Crippen LogP contribution in [0.2, 0.25) is 0 Å². The second-order valence-corrected chi connectivity index (χ2v) is 12.4. The molecule has 0 spiro atoms. The summed E-state index contributed by atoms with van der Waals surface area (Å²) < 4.78 is 26.8. The van der Waals surface area contributed by atoms with Gasteiger partial charge in [-0.25, -0.2) is 9.59 Å². The highest BCUT2D eigenvalue weighted by Crippen LogP contribution is 2.40. The third kappa shape index (κ3) is 8.67. The van der Waals surface area contributed by atoms with Crippen LogP contribution in [0.1, 0.15) is 61.5 Å². The van der Waals surface area contributed by atoms with Crippen LogP contribution in [0.4, 0.5) is 30.6 Å². The van der Waals surface area contributed by atoms with Crippen LogP contribution >= 0.6 is 0 Å². The van der Waals surface area contributed by atoms with Gasteiger partial charge in [-0.2, -0.15) is 8.78 Å². The number of benzene rings is 3. The number of hydrogen-bond acceptors (Lipinski definition) is 6. The first-order valence-electron chi connectivity index (χ1n) is 14.8. The normalized spacial score (nSPS) is 15.0. The molecular formula is C34H38F2N4O6. The number of nitrogens with one attached hydrogen (secondary N) is 2. The number of urea groups is 1. The minimum Gasteiger partial charge on any atom is -0.477 e. The van der Waals surface area contributed by atoms with Crippen LogP contribution in [-0.4, -0.2) is 45.9 Å². The van der Waals surface area contributed by atoms with Crippen LogP contribution in [0.5, 0.6) is 0 Å². The van der Waals surface area contributed by atoms with Crippen LogP contribution < -0.4 is 20.8 Å². The largest absolute Gasteiger partial charge is 0.477 e. The van der Waals surface area contributed by atoms with Crippen LogP contribution in [0.3, 0.4) is 0 Å². The van der Waals surface area contributed by atoms with Crippen LogP contribution in [-0.2, 0) is 11.3 Å². The number of rotatable bonds is 10. The molecule has 1 unspecified atom stereocenters. The Kier molecular flexibility index (Phi) is 10.4. The molecule has 3 amide bonds. The van der Waals surface area contributed by atoms with E-state index in [1.165, 1.54) is 34.7 Å². The Labute approximate surface area is 265 Å². The molecule has 3 aromatic rings. The molecule has 4 rings (SSSR count). The van der Waals surface area contributed by atoms with Gasteiger partial charge in [-0.1, -0.05) is 57.2 Å². The molecule has 0 bridgehead atoms. The number of halogens is 2. The highest BCUT2D eigenvalue weighted by Gasteiger charge is 2.39. The minimum atomic E-state index is -4.10. The quantitative estimate of drug-likeness (QED) is 0.148. The SMILES string of the molecule is CC(C)(C)C1CC=C(c2ccc(N(Cc3ccc(C(=O)NCC(F)(F)C(=O)O)cc3)C(=O)Nc3cccc(N(O)O)c3)cc2)CC1. The van der Waals surface area contributed by atoms with E-state index in [0.29, 0.717) is 22.9 Å². The zero-order valence-electron chi connectivity index (χ0n) is 25.8. The lowest BCUT2D eigenvalue weighted by molar-refractivity contribution is -0.163. The van der Waals surface area contributed by atoms with E-state index in [-0.39, 0.29) is 28.4 Å². The first kappa shape index (κ1) is 34.1. The summed E-state index contributed by atoms with van der Waals surface area (Å²) in [5, 5.41) is 32.0. The average Bonchev–Trinajstić information content (AvgIpc) is 3.02. The number of aliphatic carboxylic acids is 1. The lowest BCUT2D eigenvalue weighted by Gasteiger charge is -2.33. The van der Waals surface area contributed by atoms with Crippen molar-refractivity contribution < 1.29 is 38.7 Å². The van der Waals surface area contributed by atoms with Crippen molar-refractivity contribution in [3.05, 3.63) is 95.6 Å². The average molecular weight is 637 g/mol. The van der Waals surface area contributed by atoms with E-state index in [2.05, 4.69) is 32.2 Å². The van der Waals surface area contributed by atoms with Crippen molar-refractivity contribution in [1.29, 1.82) is 0 Å². The van der Waals surface area contributed by atoms with Gasteiger partial charge in [-0.05, 0) is 89.8 Å². The number of hydrogen-bond donors (Lipinski definition) is 5. The lowest BCUT2D eigenvalue weighted by atomic mass is 9.72. The Morgan fingerprint density at radius 1 is 0.935 bits per heavy atom. The third-order valence-corrected chi connectivity index (χ3v) is 8.10. The number of alkyl halides is 2. The number of anilines is 3. The maximum Gasteiger partial charge on any atom is 0.376 e. The van der Waals surface area contributed by atoms with Gasteiger partial charge in [-0.3, -0.25) is 20.1 Å². The summed E-state index contributed by atoms with van der Waals surface area (Å²) in [5.74, 6) is -6.70. The Balaban J connectivity index is 1.54. The molecular weight excluding hydrogens is 598 g/mol. The topological polar surface area (TPSA) is 142 Å². The Bertz CT molecular complexity index is 1580. The second-order valence-electron chi connectivity index (χ2n) is 12.4. The summed E-state index contributed by atoms with van der Waals surface area (Å²) in [6, 6.07) is 19.0. The molecule has 0 radical (unpaired) electrons. The summed E-state index contributed by atoms with van der Waals surface area (Å²) in [5.41, 5.74) is 4.13. The van der Waals surface area contributed by atoms with Gasteiger partial charge in [0.05, 0.1) is 18.8 Å². The van der Waals surface area contributed by atoms with Crippen LogP contribution in [0.15, 0.2) is 78.9 Å². The summed E-state index contributed by atoms with van der Waals surface area (Å²) in [7, 11) is 0.